The van der Waals surface area contributed by atoms with Gasteiger partial charge in [-0.15, -0.1) is 13.2 Å². The van der Waals surface area contributed by atoms with E-state index in [1.807, 2.05) is 43.3 Å². The van der Waals surface area contributed by atoms with E-state index in [4.69, 9.17) is 4.99 Å². The van der Waals surface area contributed by atoms with Crippen molar-refractivity contribution in [3.63, 3.8) is 0 Å². The zero-order chi connectivity index (χ0) is 24.6. The molecule has 5 rings (SSSR count). The number of hydrogen-bond donors (Lipinski definition) is 0. The van der Waals surface area contributed by atoms with Crippen LogP contribution in [-0.2, 0) is 13.1 Å². The Balaban J connectivity index is 1.40. The van der Waals surface area contributed by atoms with E-state index in [0.717, 1.165) is 39.2 Å². The first-order chi connectivity index (χ1) is 16.7. The maximum atomic E-state index is 12.8. The molecule has 0 saturated heterocycles. The molecular formula is C27H20F3N3O2. The van der Waals surface area contributed by atoms with Crippen molar-refractivity contribution in [1.29, 1.82) is 0 Å². The topological polar surface area (TPSA) is 56.5 Å². The molecule has 35 heavy (non-hydrogen) atoms. The monoisotopic (exact) mass is 475 g/mol. The van der Waals surface area contributed by atoms with Gasteiger partial charge in [0.2, 0.25) is 0 Å². The van der Waals surface area contributed by atoms with Crippen LogP contribution in [0, 0.1) is 6.92 Å². The van der Waals surface area contributed by atoms with Gasteiger partial charge in [0.05, 0.1) is 18.8 Å². The molecule has 0 amide bonds. The van der Waals surface area contributed by atoms with Crippen molar-refractivity contribution in [3.8, 4) is 16.9 Å². The fourth-order valence-corrected chi connectivity index (χ4v) is 4.16. The molecule has 0 bridgehead atoms. The summed E-state index contributed by atoms with van der Waals surface area (Å²) in [5.74, 6) is -0.320. The third-order valence-corrected chi connectivity index (χ3v) is 5.76. The second-order valence-corrected chi connectivity index (χ2v) is 8.30. The zero-order valence-electron chi connectivity index (χ0n) is 18.7. The molecule has 1 aliphatic heterocycles. The molecule has 0 N–H and O–H groups in total. The first-order valence-corrected chi connectivity index (χ1v) is 10.9. The van der Waals surface area contributed by atoms with Crippen LogP contribution < -0.4 is 10.3 Å². The maximum Gasteiger partial charge on any atom is 0.573 e. The SMILES string of the molecule is Cc1cc(C2=NCc3ccc(-c4ccn(Cc5cccc(OC(F)(F)F)c5)c(=O)c4)cc32)ccn1. The van der Waals surface area contributed by atoms with Crippen molar-refractivity contribution in [3.05, 3.63) is 117 Å². The van der Waals surface area contributed by atoms with Gasteiger partial charge in [-0.1, -0.05) is 24.3 Å². The van der Waals surface area contributed by atoms with Gasteiger partial charge in [0.1, 0.15) is 5.75 Å². The molecule has 8 heteroatoms. The van der Waals surface area contributed by atoms with Crippen molar-refractivity contribution in [1.82, 2.24) is 9.55 Å². The van der Waals surface area contributed by atoms with Crippen LogP contribution >= 0.6 is 0 Å². The van der Waals surface area contributed by atoms with Gasteiger partial charge in [0, 0.05) is 35.3 Å². The van der Waals surface area contributed by atoms with Crippen LogP contribution in [0.5, 0.6) is 5.75 Å². The highest BCUT2D eigenvalue weighted by molar-refractivity contribution is 6.15. The summed E-state index contributed by atoms with van der Waals surface area (Å²) < 4.78 is 42.9. The molecule has 0 saturated carbocycles. The first-order valence-electron chi connectivity index (χ1n) is 10.9. The number of nitrogens with zero attached hydrogens (tertiary/aromatic N) is 3. The molecule has 0 radical (unpaired) electrons. The fourth-order valence-electron chi connectivity index (χ4n) is 4.16. The Labute approximate surface area is 199 Å². The van der Waals surface area contributed by atoms with Gasteiger partial charge in [-0.05, 0) is 65.6 Å². The Morgan fingerprint density at radius 2 is 1.80 bits per heavy atom. The predicted octanol–water partition coefficient (Wildman–Crippen LogP) is 5.52. The molecule has 2 aromatic carbocycles. The standard InChI is InChI=1S/C27H20F3N3O2/c1-17-11-21(7-9-31-17)26-24-13-19(5-6-22(24)15-32-26)20-8-10-33(25(34)14-20)16-18-3-2-4-23(12-18)35-27(28,29)30/h2-14H,15-16H2,1H3. The fraction of sp³-hybridized carbons (Fsp3) is 0.148. The van der Waals surface area contributed by atoms with E-state index in [0.29, 0.717) is 12.1 Å². The Morgan fingerprint density at radius 3 is 2.57 bits per heavy atom. The lowest BCUT2D eigenvalue weighted by atomic mass is 9.96. The molecule has 0 atom stereocenters. The Bertz CT molecular complexity index is 1510. The number of aliphatic imine (C=N–C) groups is 1. The van der Waals surface area contributed by atoms with Crippen molar-refractivity contribution in [2.24, 2.45) is 4.99 Å². The average Bonchev–Trinajstić information content (AvgIpc) is 3.23. The molecule has 0 aliphatic carbocycles. The molecule has 176 valence electrons. The van der Waals surface area contributed by atoms with Gasteiger partial charge in [-0.2, -0.15) is 0 Å². The number of hydrogen-bond acceptors (Lipinski definition) is 4. The van der Waals surface area contributed by atoms with Crippen LogP contribution in [0.4, 0.5) is 13.2 Å². The minimum Gasteiger partial charge on any atom is -0.406 e. The van der Waals surface area contributed by atoms with Gasteiger partial charge in [0.15, 0.2) is 0 Å². The molecule has 0 unspecified atom stereocenters. The van der Waals surface area contributed by atoms with E-state index in [1.54, 1.807) is 18.5 Å². The highest BCUT2D eigenvalue weighted by atomic mass is 19.4. The maximum absolute atomic E-state index is 12.8. The highest BCUT2D eigenvalue weighted by Gasteiger charge is 2.31. The number of alkyl halides is 3. The summed E-state index contributed by atoms with van der Waals surface area (Å²) in [5.41, 5.74) is 6.85. The summed E-state index contributed by atoms with van der Waals surface area (Å²) >= 11 is 0. The summed E-state index contributed by atoms with van der Waals surface area (Å²) in [6.07, 6.45) is -1.36. The number of fused-ring (bicyclic) bond motifs is 1. The van der Waals surface area contributed by atoms with Crippen molar-refractivity contribution < 1.29 is 17.9 Å². The van der Waals surface area contributed by atoms with Crippen LogP contribution in [0.2, 0.25) is 0 Å². The summed E-state index contributed by atoms with van der Waals surface area (Å²) in [5, 5.41) is 0. The molecule has 4 aromatic rings. The number of pyridine rings is 2. The van der Waals surface area contributed by atoms with E-state index in [1.165, 1.54) is 28.8 Å². The minimum absolute atomic E-state index is 0.122. The summed E-state index contributed by atoms with van der Waals surface area (Å²) in [4.78, 5) is 21.8. The van der Waals surface area contributed by atoms with E-state index < -0.39 is 6.36 Å². The Morgan fingerprint density at radius 1 is 0.971 bits per heavy atom. The van der Waals surface area contributed by atoms with Gasteiger partial charge >= 0.3 is 6.36 Å². The Kier molecular flexibility index (Phi) is 5.72. The van der Waals surface area contributed by atoms with Crippen LogP contribution in [0.1, 0.15) is 27.9 Å². The molecule has 0 fully saturated rings. The van der Waals surface area contributed by atoms with E-state index >= 15 is 0 Å². The van der Waals surface area contributed by atoms with Crippen LogP contribution in [0.25, 0.3) is 11.1 Å². The number of aryl methyl sites for hydroxylation is 1. The second-order valence-electron chi connectivity index (χ2n) is 8.30. The number of benzene rings is 2. The third kappa shape index (κ3) is 5.01. The molecule has 0 spiro atoms. The van der Waals surface area contributed by atoms with Crippen LogP contribution in [0.3, 0.4) is 0 Å². The van der Waals surface area contributed by atoms with E-state index in [-0.39, 0.29) is 17.9 Å². The number of halogens is 3. The van der Waals surface area contributed by atoms with Crippen LogP contribution in [0.15, 0.2) is 88.9 Å². The molecule has 2 aromatic heterocycles. The smallest absolute Gasteiger partial charge is 0.406 e. The molecule has 5 nitrogen and oxygen atoms in total. The lowest BCUT2D eigenvalue weighted by Crippen LogP contribution is -2.20. The highest BCUT2D eigenvalue weighted by Crippen LogP contribution is 2.29. The lowest BCUT2D eigenvalue weighted by Gasteiger charge is -2.12. The zero-order valence-corrected chi connectivity index (χ0v) is 18.7. The minimum atomic E-state index is -4.77. The van der Waals surface area contributed by atoms with Crippen molar-refractivity contribution in [2.45, 2.75) is 26.4 Å². The molecular weight excluding hydrogens is 455 g/mol. The normalized spacial score (nSPS) is 12.9. The summed E-state index contributed by atoms with van der Waals surface area (Å²) in [7, 11) is 0. The van der Waals surface area contributed by atoms with Gasteiger partial charge in [-0.25, -0.2) is 0 Å². The number of rotatable bonds is 5. The largest absolute Gasteiger partial charge is 0.573 e. The Hall–Kier alpha value is -4.20. The van der Waals surface area contributed by atoms with Crippen LogP contribution in [-0.4, -0.2) is 21.6 Å². The van der Waals surface area contributed by atoms with Gasteiger partial charge < -0.3 is 9.30 Å². The first kappa shape index (κ1) is 22.6. The lowest BCUT2D eigenvalue weighted by molar-refractivity contribution is -0.274. The number of ether oxygens (including phenoxy) is 1. The third-order valence-electron chi connectivity index (χ3n) is 5.76. The molecule has 1 aliphatic rings. The van der Waals surface area contributed by atoms with Gasteiger partial charge in [0.25, 0.3) is 5.56 Å². The second kappa shape index (κ2) is 8.87. The van der Waals surface area contributed by atoms with E-state index in [2.05, 4.69) is 9.72 Å². The van der Waals surface area contributed by atoms with Crippen molar-refractivity contribution in [2.75, 3.05) is 0 Å². The summed E-state index contributed by atoms with van der Waals surface area (Å²) in [6.45, 7) is 2.66. The molecule has 3 heterocycles. The predicted molar refractivity (Wildman–Crippen MR) is 127 cm³/mol. The summed E-state index contributed by atoms with van der Waals surface area (Å²) in [6, 6.07) is 18.9. The van der Waals surface area contributed by atoms with E-state index in [9.17, 15) is 18.0 Å². The average molecular weight is 475 g/mol. The number of aromatic nitrogens is 2. The quantitative estimate of drug-likeness (QED) is 0.382. The van der Waals surface area contributed by atoms with Crippen molar-refractivity contribution >= 4 is 5.71 Å². The van der Waals surface area contributed by atoms with Gasteiger partial charge in [-0.3, -0.25) is 14.8 Å².